The lowest BCUT2D eigenvalue weighted by molar-refractivity contribution is 0.00341. The van der Waals surface area contributed by atoms with Gasteiger partial charge < -0.3 is 19.3 Å². The fourth-order valence-electron chi connectivity index (χ4n) is 1.23. The lowest BCUT2D eigenvalue weighted by atomic mass is 10.1. The molecule has 0 unspecified atom stereocenters. The Balaban J connectivity index is 2.04. The third-order valence-electron chi connectivity index (χ3n) is 2.06. The molecule has 0 atom stereocenters. The summed E-state index contributed by atoms with van der Waals surface area (Å²) >= 11 is 0. The summed E-state index contributed by atoms with van der Waals surface area (Å²) in [6.07, 6.45) is -0.413. The normalized spacial score (nSPS) is 16.6. The van der Waals surface area contributed by atoms with E-state index in [1.807, 2.05) is 0 Å². The molecule has 0 spiro atoms. The Labute approximate surface area is 80.0 Å². The minimum atomic E-state index is -0.413. The van der Waals surface area contributed by atoms with Gasteiger partial charge in [0.2, 0.25) is 5.76 Å². The van der Waals surface area contributed by atoms with Crippen LogP contribution in [0.1, 0.15) is 10.6 Å². The number of carbonyl (C=O) groups is 1. The van der Waals surface area contributed by atoms with Crippen molar-refractivity contribution >= 4 is 5.91 Å². The van der Waals surface area contributed by atoms with Crippen molar-refractivity contribution < 1.29 is 19.2 Å². The fourth-order valence-corrected chi connectivity index (χ4v) is 1.23. The first kappa shape index (κ1) is 9.01. The summed E-state index contributed by atoms with van der Waals surface area (Å²) in [6.45, 7) is 0.698. The van der Waals surface area contributed by atoms with Crippen LogP contribution in [0.25, 0.3) is 0 Å². The Morgan fingerprint density at radius 1 is 1.79 bits per heavy atom. The van der Waals surface area contributed by atoms with E-state index in [2.05, 4.69) is 5.16 Å². The van der Waals surface area contributed by atoms with Gasteiger partial charge in [-0.2, -0.15) is 0 Å². The maximum absolute atomic E-state index is 11.5. The van der Waals surface area contributed by atoms with Crippen LogP contribution in [0.4, 0.5) is 0 Å². The third kappa shape index (κ3) is 1.44. The molecule has 14 heavy (non-hydrogen) atoms. The Hall–Kier alpha value is -1.56. The van der Waals surface area contributed by atoms with E-state index in [1.54, 1.807) is 0 Å². The second-order valence-electron chi connectivity index (χ2n) is 3.10. The van der Waals surface area contributed by atoms with Crippen LogP contribution in [-0.2, 0) is 0 Å². The van der Waals surface area contributed by atoms with Crippen LogP contribution in [-0.4, -0.2) is 47.4 Å². The third-order valence-corrected chi connectivity index (χ3v) is 2.06. The largest absolute Gasteiger partial charge is 0.479 e. The molecule has 1 saturated heterocycles. The summed E-state index contributed by atoms with van der Waals surface area (Å²) in [7, 11) is 1.44. The fraction of sp³-hybridized carbons (Fsp3) is 0.500. The number of hydrogen-bond acceptors (Lipinski definition) is 5. The van der Waals surface area contributed by atoms with Gasteiger partial charge in [-0.3, -0.25) is 4.79 Å². The van der Waals surface area contributed by atoms with E-state index in [-0.39, 0.29) is 17.5 Å². The van der Waals surface area contributed by atoms with Crippen LogP contribution in [0.5, 0.6) is 5.88 Å². The van der Waals surface area contributed by atoms with Gasteiger partial charge in [-0.15, -0.1) is 0 Å². The molecule has 0 bridgehead atoms. The van der Waals surface area contributed by atoms with E-state index in [0.717, 1.165) is 0 Å². The number of aromatic nitrogens is 1. The summed E-state index contributed by atoms with van der Waals surface area (Å²) < 4.78 is 9.53. The molecule has 1 aliphatic heterocycles. The summed E-state index contributed by atoms with van der Waals surface area (Å²) in [5.41, 5.74) is 0. The molecule has 1 amide bonds. The first-order chi connectivity index (χ1) is 6.70. The van der Waals surface area contributed by atoms with E-state index >= 15 is 0 Å². The number of ether oxygens (including phenoxy) is 1. The molecule has 0 saturated carbocycles. The highest BCUT2D eigenvalue weighted by Gasteiger charge is 2.31. The molecule has 1 N–H and O–H groups in total. The second kappa shape index (κ2) is 3.30. The van der Waals surface area contributed by atoms with E-state index in [4.69, 9.17) is 14.4 Å². The summed E-state index contributed by atoms with van der Waals surface area (Å²) in [5.74, 6) is 0.134. The molecule has 1 aromatic heterocycles. The smallest absolute Gasteiger partial charge is 0.292 e. The van der Waals surface area contributed by atoms with Crippen molar-refractivity contribution in [2.75, 3.05) is 20.2 Å². The van der Waals surface area contributed by atoms with Gasteiger partial charge >= 0.3 is 0 Å². The highest BCUT2D eigenvalue weighted by molar-refractivity contribution is 5.92. The zero-order valence-corrected chi connectivity index (χ0v) is 7.64. The number of aliphatic hydroxyl groups excluding tert-OH is 1. The molecular weight excluding hydrogens is 188 g/mol. The van der Waals surface area contributed by atoms with E-state index in [9.17, 15) is 4.79 Å². The average Bonchev–Trinajstić information content (AvgIpc) is 2.60. The van der Waals surface area contributed by atoms with Crippen LogP contribution in [0, 0.1) is 0 Å². The quantitative estimate of drug-likeness (QED) is 0.693. The van der Waals surface area contributed by atoms with Crippen LogP contribution in [0.3, 0.4) is 0 Å². The summed E-state index contributed by atoms with van der Waals surface area (Å²) in [5, 5.41) is 12.5. The van der Waals surface area contributed by atoms with Crippen molar-refractivity contribution in [2.24, 2.45) is 0 Å². The van der Waals surface area contributed by atoms with Crippen molar-refractivity contribution in [3.63, 3.8) is 0 Å². The molecule has 2 heterocycles. The van der Waals surface area contributed by atoms with Crippen molar-refractivity contribution in [1.82, 2.24) is 10.1 Å². The van der Waals surface area contributed by atoms with Gasteiger partial charge in [0.05, 0.1) is 19.3 Å². The highest BCUT2D eigenvalue weighted by Crippen LogP contribution is 2.16. The minimum Gasteiger partial charge on any atom is -0.479 e. The van der Waals surface area contributed by atoms with Crippen molar-refractivity contribution in [2.45, 2.75) is 6.10 Å². The van der Waals surface area contributed by atoms with Gasteiger partial charge in [0, 0.05) is 13.1 Å². The van der Waals surface area contributed by atoms with Gasteiger partial charge in [-0.1, -0.05) is 0 Å². The van der Waals surface area contributed by atoms with Crippen LogP contribution in [0.2, 0.25) is 0 Å². The number of rotatable bonds is 2. The number of methoxy groups -OCH3 is 1. The topological polar surface area (TPSA) is 75.8 Å². The van der Waals surface area contributed by atoms with Crippen molar-refractivity contribution in [3.8, 4) is 5.88 Å². The molecule has 6 heteroatoms. The van der Waals surface area contributed by atoms with Crippen LogP contribution in [0.15, 0.2) is 10.6 Å². The zero-order chi connectivity index (χ0) is 10.1. The van der Waals surface area contributed by atoms with E-state index in [0.29, 0.717) is 13.1 Å². The Morgan fingerprint density at radius 2 is 2.50 bits per heavy atom. The summed E-state index contributed by atoms with van der Waals surface area (Å²) in [6, 6.07) is 1.42. The lowest BCUT2D eigenvalue weighted by Crippen LogP contribution is -2.53. The van der Waals surface area contributed by atoms with Crippen molar-refractivity contribution in [3.05, 3.63) is 11.8 Å². The van der Waals surface area contributed by atoms with E-state index < -0.39 is 6.10 Å². The number of aliphatic hydroxyl groups is 1. The maximum atomic E-state index is 11.5. The van der Waals surface area contributed by atoms with Crippen LogP contribution < -0.4 is 4.74 Å². The van der Waals surface area contributed by atoms with E-state index in [1.165, 1.54) is 18.1 Å². The molecule has 6 nitrogen and oxygen atoms in total. The molecule has 1 fully saturated rings. The molecule has 0 aliphatic carbocycles. The Bertz CT molecular complexity index is 343. The van der Waals surface area contributed by atoms with Gasteiger partial charge in [0.1, 0.15) is 0 Å². The standard InChI is InChI=1S/C8H10N2O4/c1-13-7-2-6(14-9-7)8(12)10-3-5(11)4-10/h2,5,11H,3-4H2,1H3. The molecular formula is C8H10N2O4. The minimum absolute atomic E-state index is 0.133. The van der Waals surface area contributed by atoms with Gasteiger partial charge in [0.25, 0.3) is 11.8 Å². The monoisotopic (exact) mass is 198 g/mol. The molecule has 1 aliphatic rings. The predicted octanol–water partition coefficient (Wildman–Crippen LogP) is -0.500. The van der Waals surface area contributed by atoms with Crippen LogP contribution >= 0.6 is 0 Å². The predicted molar refractivity (Wildman–Crippen MR) is 45.0 cm³/mol. The Kier molecular flexibility index (Phi) is 2.12. The number of carbonyl (C=O) groups excluding carboxylic acids is 1. The first-order valence-corrected chi connectivity index (χ1v) is 4.18. The maximum Gasteiger partial charge on any atom is 0.292 e. The van der Waals surface area contributed by atoms with Crippen molar-refractivity contribution in [1.29, 1.82) is 0 Å². The summed E-state index contributed by atoms with van der Waals surface area (Å²) in [4.78, 5) is 13.0. The number of amides is 1. The molecule has 1 aromatic rings. The number of nitrogens with zero attached hydrogens (tertiary/aromatic N) is 2. The zero-order valence-electron chi connectivity index (χ0n) is 7.64. The second-order valence-corrected chi connectivity index (χ2v) is 3.10. The molecule has 0 aromatic carbocycles. The van der Waals surface area contributed by atoms with Gasteiger partial charge in [0.15, 0.2) is 0 Å². The highest BCUT2D eigenvalue weighted by atomic mass is 16.5. The number of β-amino-alcohol motifs (C(OH)–C–C–N with tert-alkyl or cyclic N) is 1. The molecule has 76 valence electrons. The first-order valence-electron chi connectivity index (χ1n) is 4.18. The average molecular weight is 198 g/mol. The SMILES string of the molecule is COc1cc(C(=O)N2CC(O)C2)on1. The number of hydrogen-bond donors (Lipinski definition) is 1. The van der Waals surface area contributed by atoms with Gasteiger partial charge in [-0.25, -0.2) is 0 Å². The molecule has 2 rings (SSSR count). The number of likely N-dealkylation sites (tertiary alicyclic amines) is 1. The lowest BCUT2D eigenvalue weighted by Gasteiger charge is -2.34. The Morgan fingerprint density at radius 3 is 3.00 bits per heavy atom. The molecule has 0 radical (unpaired) electrons. The van der Waals surface area contributed by atoms with Gasteiger partial charge in [-0.05, 0) is 5.16 Å².